The third-order valence-electron chi connectivity index (χ3n) is 2.65. The van der Waals surface area contributed by atoms with Crippen molar-refractivity contribution in [3.63, 3.8) is 0 Å². The lowest BCUT2D eigenvalue weighted by Gasteiger charge is -2.34. The predicted octanol–water partition coefficient (Wildman–Crippen LogP) is 3.07. The molecule has 1 heteroatoms. The predicted molar refractivity (Wildman–Crippen MR) is 51.4 cm³/mol. The van der Waals surface area contributed by atoms with Crippen LogP contribution in [0.25, 0.3) is 5.32 Å². The first kappa shape index (κ1) is 7.81. The summed E-state index contributed by atoms with van der Waals surface area (Å²) in [5.41, 5.74) is 2.95. The van der Waals surface area contributed by atoms with Gasteiger partial charge in [0.05, 0.1) is 0 Å². The van der Waals surface area contributed by atoms with E-state index in [4.69, 9.17) is 0 Å². The third-order valence-corrected chi connectivity index (χ3v) is 2.65. The van der Waals surface area contributed by atoms with Gasteiger partial charge in [-0.1, -0.05) is 42.7 Å². The SMILES string of the molecule is C[N-]C1CCCc2ccccc21. The lowest BCUT2D eigenvalue weighted by Crippen LogP contribution is -2.07. The summed E-state index contributed by atoms with van der Waals surface area (Å²) in [6.07, 6.45) is 3.76. The highest BCUT2D eigenvalue weighted by molar-refractivity contribution is 5.34. The molecule has 1 nitrogen and oxygen atoms in total. The van der Waals surface area contributed by atoms with Crippen LogP contribution in [0.3, 0.4) is 0 Å². The number of aryl methyl sites for hydroxylation is 1. The fourth-order valence-electron chi connectivity index (χ4n) is 2.00. The van der Waals surface area contributed by atoms with Gasteiger partial charge in [-0.05, 0) is 12.0 Å². The first-order valence-electron chi connectivity index (χ1n) is 4.58. The number of benzene rings is 1. The van der Waals surface area contributed by atoms with E-state index in [1.165, 1.54) is 30.4 Å². The van der Waals surface area contributed by atoms with Gasteiger partial charge in [0, 0.05) is 0 Å². The molecular weight excluding hydrogens is 146 g/mol. The van der Waals surface area contributed by atoms with Crippen molar-refractivity contribution in [2.75, 3.05) is 7.05 Å². The molecule has 64 valence electrons. The van der Waals surface area contributed by atoms with Gasteiger partial charge in [-0.15, -0.1) is 6.04 Å². The van der Waals surface area contributed by atoms with Crippen LogP contribution in [0.15, 0.2) is 24.3 Å². The van der Waals surface area contributed by atoms with Crippen LogP contribution in [-0.4, -0.2) is 7.05 Å². The van der Waals surface area contributed by atoms with Gasteiger partial charge in [-0.2, -0.15) is 7.05 Å². The second kappa shape index (κ2) is 3.28. The largest absolute Gasteiger partial charge is 0.658 e. The van der Waals surface area contributed by atoms with Gasteiger partial charge in [-0.25, -0.2) is 0 Å². The molecule has 1 atom stereocenters. The van der Waals surface area contributed by atoms with E-state index in [9.17, 15) is 0 Å². The molecule has 1 aromatic carbocycles. The normalized spacial score (nSPS) is 21.9. The average Bonchev–Trinajstić information content (AvgIpc) is 2.17. The number of fused-ring (bicyclic) bond motifs is 1. The summed E-state index contributed by atoms with van der Waals surface area (Å²) in [6.45, 7) is 0. The first-order valence-corrected chi connectivity index (χ1v) is 4.58. The smallest absolute Gasteiger partial charge is 0.0277 e. The highest BCUT2D eigenvalue weighted by Crippen LogP contribution is 2.33. The molecule has 1 unspecified atom stereocenters. The molecule has 0 aliphatic heterocycles. The van der Waals surface area contributed by atoms with E-state index >= 15 is 0 Å². The lowest BCUT2D eigenvalue weighted by atomic mass is 9.88. The van der Waals surface area contributed by atoms with Crippen molar-refractivity contribution in [1.29, 1.82) is 0 Å². The van der Waals surface area contributed by atoms with E-state index in [1.54, 1.807) is 0 Å². The van der Waals surface area contributed by atoms with Gasteiger partial charge in [0.25, 0.3) is 0 Å². The maximum atomic E-state index is 4.39. The molecule has 0 N–H and O–H groups in total. The van der Waals surface area contributed by atoms with E-state index in [2.05, 4.69) is 29.6 Å². The summed E-state index contributed by atoms with van der Waals surface area (Å²) < 4.78 is 0. The molecule has 0 heterocycles. The fourth-order valence-corrected chi connectivity index (χ4v) is 2.00. The molecule has 0 amide bonds. The quantitative estimate of drug-likeness (QED) is 0.599. The van der Waals surface area contributed by atoms with E-state index in [1.807, 2.05) is 7.05 Å². The highest BCUT2D eigenvalue weighted by atomic mass is 14.9. The summed E-state index contributed by atoms with van der Waals surface area (Å²) in [6, 6.07) is 9.15. The van der Waals surface area contributed by atoms with E-state index < -0.39 is 0 Å². The lowest BCUT2D eigenvalue weighted by molar-refractivity contribution is 0.613. The number of rotatable bonds is 1. The molecule has 2 rings (SSSR count). The van der Waals surface area contributed by atoms with Gasteiger partial charge in [0.1, 0.15) is 0 Å². The Kier molecular flexibility index (Phi) is 2.13. The van der Waals surface area contributed by atoms with Crippen LogP contribution in [-0.2, 0) is 6.42 Å². The Morgan fingerprint density at radius 3 is 3.00 bits per heavy atom. The maximum Gasteiger partial charge on any atom is -0.0277 e. The molecule has 0 saturated heterocycles. The zero-order valence-electron chi connectivity index (χ0n) is 7.46. The minimum Gasteiger partial charge on any atom is -0.658 e. The van der Waals surface area contributed by atoms with E-state index in [0.717, 1.165) is 0 Å². The van der Waals surface area contributed by atoms with Crippen LogP contribution < -0.4 is 0 Å². The number of hydrogen-bond donors (Lipinski definition) is 0. The van der Waals surface area contributed by atoms with Crippen molar-refractivity contribution >= 4 is 0 Å². The number of nitrogens with zero attached hydrogens (tertiary/aromatic N) is 1. The Morgan fingerprint density at radius 2 is 2.17 bits per heavy atom. The molecule has 1 aromatic rings. The number of hydrogen-bond acceptors (Lipinski definition) is 0. The van der Waals surface area contributed by atoms with Crippen LogP contribution in [0.1, 0.15) is 30.0 Å². The van der Waals surface area contributed by atoms with E-state index in [0.29, 0.717) is 6.04 Å². The van der Waals surface area contributed by atoms with Gasteiger partial charge in [0.2, 0.25) is 0 Å². The Hall–Kier alpha value is -0.820. The topological polar surface area (TPSA) is 14.1 Å². The van der Waals surface area contributed by atoms with Crippen molar-refractivity contribution < 1.29 is 0 Å². The van der Waals surface area contributed by atoms with Crippen molar-refractivity contribution in [3.05, 3.63) is 40.7 Å². The van der Waals surface area contributed by atoms with Crippen LogP contribution in [0, 0.1) is 0 Å². The highest BCUT2D eigenvalue weighted by Gasteiger charge is 2.11. The molecule has 0 spiro atoms. The zero-order valence-corrected chi connectivity index (χ0v) is 7.46. The summed E-state index contributed by atoms with van der Waals surface area (Å²) in [5.74, 6) is 0. The Labute approximate surface area is 73.8 Å². The Bertz CT molecular complexity index is 267. The molecule has 1 aliphatic rings. The second-order valence-electron chi connectivity index (χ2n) is 3.37. The molecule has 0 fully saturated rings. The molecule has 0 radical (unpaired) electrons. The minimum atomic E-state index is 0.468. The zero-order chi connectivity index (χ0) is 8.39. The van der Waals surface area contributed by atoms with Crippen molar-refractivity contribution in [2.24, 2.45) is 0 Å². The standard InChI is InChI=1S/C11H14N/c1-12-11-8-4-6-9-5-2-3-7-10(9)11/h2-3,5,7,11H,4,6,8H2,1H3/q-1. The summed E-state index contributed by atoms with van der Waals surface area (Å²) in [7, 11) is 1.92. The molecule has 0 bridgehead atoms. The monoisotopic (exact) mass is 160 g/mol. The molecule has 1 aliphatic carbocycles. The average molecular weight is 160 g/mol. The third kappa shape index (κ3) is 1.25. The van der Waals surface area contributed by atoms with Crippen LogP contribution in [0.2, 0.25) is 0 Å². The van der Waals surface area contributed by atoms with Crippen LogP contribution >= 0.6 is 0 Å². The maximum absolute atomic E-state index is 4.39. The molecule has 12 heavy (non-hydrogen) atoms. The molecule has 0 aromatic heterocycles. The first-order chi connectivity index (χ1) is 5.92. The van der Waals surface area contributed by atoms with Crippen molar-refractivity contribution in [3.8, 4) is 0 Å². The summed E-state index contributed by atoms with van der Waals surface area (Å²) in [5, 5.41) is 4.39. The summed E-state index contributed by atoms with van der Waals surface area (Å²) >= 11 is 0. The van der Waals surface area contributed by atoms with Gasteiger partial charge < -0.3 is 5.32 Å². The van der Waals surface area contributed by atoms with Crippen LogP contribution in [0.4, 0.5) is 0 Å². The van der Waals surface area contributed by atoms with Gasteiger partial charge >= 0.3 is 0 Å². The van der Waals surface area contributed by atoms with Crippen molar-refractivity contribution in [1.82, 2.24) is 0 Å². The van der Waals surface area contributed by atoms with Crippen molar-refractivity contribution in [2.45, 2.75) is 25.3 Å². The van der Waals surface area contributed by atoms with Crippen LogP contribution in [0.5, 0.6) is 0 Å². The van der Waals surface area contributed by atoms with Gasteiger partial charge in [-0.3, -0.25) is 0 Å². The molecule has 0 saturated carbocycles. The van der Waals surface area contributed by atoms with E-state index in [-0.39, 0.29) is 0 Å². The molecular formula is C11H14N-. The minimum absolute atomic E-state index is 0.468. The Balaban J connectivity index is 2.37. The second-order valence-corrected chi connectivity index (χ2v) is 3.37. The fraction of sp³-hybridized carbons (Fsp3) is 0.455. The summed E-state index contributed by atoms with van der Waals surface area (Å²) in [4.78, 5) is 0. The van der Waals surface area contributed by atoms with Gasteiger partial charge in [0.15, 0.2) is 0 Å². The Morgan fingerprint density at radius 1 is 1.33 bits per heavy atom.